The highest BCUT2D eigenvalue weighted by Crippen LogP contribution is 2.30. The molecule has 0 spiro atoms. The first-order chi connectivity index (χ1) is 15.6. The Morgan fingerprint density at radius 3 is 2.38 bits per heavy atom. The van der Waals surface area contributed by atoms with E-state index in [4.69, 9.17) is 11.6 Å². The molecule has 2 aromatic carbocycles. The number of nitrogens with zero attached hydrogens (tertiary/aromatic N) is 5. The number of imidazole rings is 1. The number of benzene rings is 2. The summed E-state index contributed by atoms with van der Waals surface area (Å²) in [6, 6.07) is 16.2. The summed E-state index contributed by atoms with van der Waals surface area (Å²) in [6.45, 7) is 5.33. The summed E-state index contributed by atoms with van der Waals surface area (Å²) < 4.78 is 3.53. The maximum atomic E-state index is 13.1. The van der Waals surface area contributed by atoms with E-state index >= 15 is 0 Å². The zero-order chi connectivity index (χ0) is 22.5. The standard InChI is InChI=1S/C24H27ClN6O/c1-3-5-10-21-22(25)30(15-4-2)24(32)31(21)16-17-11-13-18(14-12-17)19-8-6-7-9-20(19)23-26-28-29-27-23/h6-9,11-14H,3-5,10,15-16H2,1-2H3,(H,26,27,28,29). The molecule has 4 rings (SSSR count). The second kappa shape index (κ2) is 9.96. The Balaban J connectivity index is 1.65. The molecule has 7 nitrogen and oxygen atoms in total. The summed E-state index contributed by atoms with van der Waals surface area (Å²) in [7, 11) is 0. The second-order valence-electron chi connectivity index (χ2n) is 7.84. The maximum absolute atomic E-state index is 13.1. The highest BCUT2D eigenvalue weighted by Gasteiger charge is 2.18. The molecule has 4 aromatic rings. The van der Waals surface area contributed by atoms with E-state index in [1.54, 1.807) is 4.57 Å². The van der Waals surface area contributed by atoms with Crippen molar-refractivity contribution in [2.45, 2.75) is 52.6 Å². The van der Waals surface area contributed by atoms with Crippen LogP contribution in [0.4, 0.5) is 0 Å². The van der Waals surface area contributed by atoms with E-state index in [0.29, 0.717) is 24.1 Å². The molecule has 2 heterocycles. The zero-order valence-electron chi connectivity index (χ0n) is 18.4. The van der Waals surface area contributed by atoms with Gasteiger partial charge in [-0.2, -0.15) is 5.21 Å². The fraction of sp³-hybridized carbons (Fsp3) is 0.333. The minimum atomic E-state index is -0.0329. The fourth-order valence-corrected chi connectivity index (χ4v) is 4.31. The van der Waals surface area contributed by atoms with E-state index in [2.05, 4.69) is 58.7 Å². The summed E-state index contributed by atoms with van der Waals surface area (Å²) in [5, 5.41) is 15.0. The van der Waals surface area contributed by atoms with Crippen molar-refractivity contribution in [3.8, 4) is 22.5 Å². The van der Waals surface area contributed by atoms with Crippen molar-refractivity contribution in [3.63, 3.8) is 0 Å². The quantitative estimate of drug-likeness (QED) is 0.391. The van der Waals surface area contributed by atoms with Crippen LogP contribution in [0.5, 0.6) is 0 Å². The van der Waals surface area contributed by atoms with Crippen LogP contribution in [0.3, 0.4) is 0 Å². The van der Waals surface area contributed by atoms with Crippen LogP contribution in [0, 0.1) is 0 Å². The molecule has 0 aliphatic rings. The van der Waals surface area contributed by atoms with Crippen molar-refractivity contribution in [3.05, 3.63) is 75.4 Å². The Kier molecular flexibility index (Phi) is 6.85. The van der Waals surface area contributed by atoms with Crippen LogP contribution in [0.1, 0.15) is 44.4 Å². The summed E-state index contributed by atoms with van der Waals surface area (Å²) in [4.78, 5) is 13.1. The predicted molar refractivity (Wildman–Crippen MR) is 127 cm³/mol. The van der Waals surface area contributed by atoms with Crippen LogP contribution < -0.4 is 5.69 Å². The smallest absolute Gasteiger partial charge is 0.290 e. The molecule has 0 atom stereocenters. The van der Waals surface area contributed by atoms with Crippen LogP contribution in [0.25, 0.3) is 22.5 Å². The SMILES string of the molecule is CCCCc1c(Cl)n(CCC)c(=O)n1Cc1ccc(-c2ccccc2-c2nn[nH]n2)cc1. The van der Waals surface area contributed by atoms with Crippen LogP contribution in [-0.4, -0.2) is 29.8 Å². The zero-order valence-corrected chi connectivity index (χ0v) is 19.1. The highest BCUT2D eigenvalue weighted by atomic mass is 35.5. The average molecular weight is 451 g/mol. The lowest BCUT2D eigenvalue weighted by Crippen LogP contribution is -2.25. The van der Waals surface area contributed by atoms with Gasteiger partial charge in [-0.05, 0) is 41.2 Å². The van der Waals surface area contributed by atoms with Crippen LogP contribution in [0.2, 0.25) is 5.15 Å². The molecule has 0 amide bonds. The van der Waals surface area contributed by atoms with E-state index in [9.17, 15) is 4.79 Å². The van der Waals surface area contributed by atoms with Gasteiger partial charge in [0, 0.05) is 12.1 Å². The van der Waals surface area contributed by atoms with Crippen molar-refractivity contribution in [1.82, 2.24) is 29.8 Å². The number of tetrazole rings is 1. The first kappa shape index (κ1) is 22.0. The Hall–Kier alpha value is -3.19. The molecule has 0 unspecified atom stereocenters. The number of halogens is 1. The molecule has 0 aliphatic carbocycles. The molecular formula is C24H27ClN6O. The minimum Gasteiger partial charge on any atom is -0.290 e. The van der Waals surface area contributed by atoms with Crippen molar-refractivity contribution in [2.24, 2.45) is 0 Å². The number of hydrogen-bond donors (Lipinski definition) is 1. The van der Waals surface area contributed by atoms with Gasteiger partial charge in [-0.3, -0.25) is 9.13 Å². The number of rotatable bonds is 9. The van der Waals surface area contributed by atoms with Gasteiger partial charge in [-0.1, -0.05) is 80.4 Å². The maximum Gasteiger partial charge on any atom is 0.329 e. The molecule has 0 saturated heterocycles. The molecule has 2 aromatic heterocycles. The van der Waals surface area contributed by atoms with Crippen molar-refractivity contribution in [1.29, 1.82) is 0 Å². The molecule has 8 heteroatoms. The highest BCUT2D eigenvalue weighted by molar-refractivity contribution is 6.30. The lowest BCUT2D eigenvalue weighted by molar-refractivity contribution is 0.618. The van der Waals surface area contributed by atoms with Gasteiger partial charge in [-0.25, -0.2) is 4.79 Å². The third-order valence-corrected chi connectivity index (χ3v) is 6.02. The van der Waals surface area contributed by atoms with Gasteiger partial charge < -0.3 is 0 Å². The van der Waals surface area contributed by atoms with E-state index < -0.39 is 0 Å². The molecule has 0 aliphatic heterocycles. The van der Waals surface area contributed by atoms with Crippen LogP contribution in [0.15, 0.2) is 53.3 Å². The lowest BCUT2D eigenvalue weighted by Gasteiger charge is -2.10. The van der Waals surface area contributed by atoms with E-state index in [1.165, 1.54) is 0 Å². The molecule has 32 heavy (non-hydrogen) atoms. The van der Waals surface area contributed by atoms with E-state index in [0.717, 1.165) is 53.6 Å². The molecular weight excluding hydrogens is 424 g/mol. The van der Waals surface area contributed by atoms with Gasteiger partial charge in [0.2, 0.25) is 5.82 Å². The van der Waals surface area contributed by atoms with Crippen molar-refractivity contribution >= 4 is 11.6 Å². The summed E-state index contributed by atoms with van der Waals surface area (Å²) >= 11 is 6.61. The third kappa shape index (κ3) is 4.39. The van der Waals surface area contributed by atoms with Gasteiger partial charge >= 0.3 is 5.69 Å². The monoisotopic (exact) mass is 450 g/mol. The summed E-state index contributed by atoms with van der Waals surface area (Å²) in [6.07, 6.45) is 3.72. The molecule has 0 radical (unpaired) electrons. The summed E-state index contributed by atoms with van der Waals surface area (Å²) in [5.74, 6) is 0.559. The number of nitrogens with one attached hydrogen (secondary N) is 1. The van der Waals surface area contributed by atoms with Crippen molar-refractivity contribution < 1.29 is 0 Å². The summed E-state index contributed by atoms with van der Waals surface area (Å²) in [5.41, 5.74) is 4.94. The Labute approximate surface area is 192 Å². The Morgan fingerprint density at radius 1 is 0.969 bits per heavy atom. The van der Waals surface area contributed by atoms with E-state index in [-0.39, 0.29) is 5.69 Å². The van der Waals surface area contributed by atoms with E-state index in [1.807, 2.05) is 28.8 Å². The number of unbranched alkanes of at least 4 members (excludes halogenated alkanes) is 1. The van der Waals surface area contributed by atoms with Crippen LogP contribution in [-0.2, 0) is 19.5 Å². The van der Waals surface area contributed by atoms with Crippen molar-refractivity contribution in [2.75, 3.05) is 0 Å². The predicted octanol–water partition coefficient (Wildman–Crippen LogP) is 4.95. The first-order valence-corrected chi connectivity index (χ1v) is 11.4. The topological polar surface area (TPSA) is 81.4 Å². The van der Waals surface area contributed by atoms with Gasteiger partial charge in [0.05, 0.1) is 12.2 Å². The number of H-pyrrole nitrogens is 1. The number of aromatic amines is 1. The molecule has 1 N–H and O–H groups in total. The van der Waals surface area contributed by atoms with Crippen LogP contribution >= 0.6 is 11.6 Å². The lowest BCUT2D eigenvalue weighted by atomic mass is 9.98. The molecule has 0 bridgehead atoms. The van der Waals surface area contributed by atoms with Gasteiger partial charge in [0.15, 0.2) is 0 Å². The van der Waals surface area contributed by atoms with Gasteiger partial charge in [-0.15, -0.1) is 10.2 Å². The molecule has 166 valence electrons. The first-order valence-electron chi connectivity index (χ1n) is 11.0. The second-order valence-corrected chi connectivity index (χ2v) is 8.20. The normalized spacial score (nSPS) is 11.2. The van der Waals surface area contributed by atoms with Gasteiger partial charge in [0.1, 0.15) is 5.15 Å². The largest absolute Gasteiger partial charge is 0.329 e. The molecule has 0 saturated carbocycles. The third-order valence-electron chi connectivity index (χ3n) is 5.60. The molecule has 0 fully saturated rings. The average Bonchev–Trinajstić information content (AvgIpc) is 3.43. The number of hydrogen-bond acceptors (Lipinski definition) is 4. The number of aromatic nitrogens is 6. The van der Waals surface area contributed by atoms with Gasteiger partial charge in [0.25, 0.3) is 0 Å². The fourth-order valence-electron chi connectivity index (χ4n) is 3.95. The Bertz CT molecular complexity index is 1220. The Morgan fingerprint density at radius 2 is 1.72 bits per heavy atom. The minimum absolute atomic E-state index is 0.0329.